The Hall–Kier alpha value is -1.88. The van der Waals surface area contributed by atoms with Crippen LogP contribution in [0, 0.1) is 5.82 Å². The third kappa shape index (κ3) is 2.46. The highest BCUT2D eigenvalue weighted by Crippen LogP contribution is 2.23. The molecule has 3 aromatic rings. The number of rotatable bonds is 3. The van der Waals surface area contributed by atoms with Crippen molar-refractivity contribution in [3.8, 4) is 0 Å². The summed E-state index contributed by atoms with van der Waals surface area (Å²) < 4.78 is 14.1. The van der Waals surface area contributed by atoms with E-state index in [-0.39, 0.29) is 5.82 Å². The molecule has 0 aliphatic heterocycles. The number of H-pyrrole nitrogens is 1. The van der Waals surface area contributed by atoms with Crippen LogP contribution in [-0.4, -0.2) is 10.2 Å². The Morgan fingerprint density at radius 2 is 2.16 bits per heavy atom. The lowest BCUT2D eigenvalue weighted by molar-refractivity contribution is 0.625. The summed E-state index contributed by atoms with van der Waals surface area (Å²) in [6.45, 7) is 0.538. The van der Waals surface area contributed by atoms with Gasteiger partial charge in [-0.2, -0.15) is 5.10 Å². The van der Waals surface area contributed by atoms with Gasteiger partial charge in [0, 0.05) is 16.4 Å². The smallest absolute Gasteiger partial charge is 0.123 e. The molecule has 2 aromatic carbocycles. The number of para-hydroxylation sites is 1. The quantitative estimate of drug-likeness (QED) is 0.763. The maximum absolute atomic E-state index is 13.2. The van der Waals surface area contributed by atoms with Crippen molar-refractivity contribution in [3.63, 3.8) is 0 Å². The minimum atomic E-state index is -0.236. The fraction of sp³-hybridized carbons (Fsp3) is 0.0714. The van der Waals surface area contributed by atoms with Crippen LogP contribution >= 0.6 is 15.9 Å². The predicted molar refractivity (Wildman–Crippen MR) is 77.5 cm³/mol. The third-order valence-corrected chi connectivity index (χ3v) is 3.73. The molecule has 96 valence electrons. The standard InChI is InChI=1S/C14H11BrFN3/c15-12-5-4-11(16)6-10(12)7-17-13-3-1-2-9-8-18-19-14(9)13/h1-6,8,17H,7H2,(H,18,19). The van der Waals surface area contributed by atoms with E-state index in [0.717, 1.165) is 26.6 Å². The Morgan fingerprint density at radius 1 is 1.26 bits per heavy atom. The molecule has 5 heteroatoms. The van der Waals surface area contributed by atoms with Crippen molar-refractivity contribution in [3.05, 3.63) is 58.4 Å². The second-order valence-electron chi connectivity index (χ2n) is 4.23. The molecule has 0 aliphatic rings. The minimum absolute atomic E-state index is 0.236. The van der Waals surface area contributed by atoms with E-state index in [9.17, 15) is 4.39 Å². The second kappa shape index (κ2) is 5.01. The second-order valence-corrected chi connectivity index (χ2v) is 5.08. The summed E-state index contributed by atoms with van der Waals surface area (Å²) in [6, 6.07) is 10.6. The summed E-state index contributed by atoms with van der Waals surface area (Å²) >= 11 is 3.42. The number of nitrogens with one attached hydrogen (secondary N) is 2. The van der Waals surface area contributed by atoms with Crippen LogP contribution < -0.4 is 5.32 Å². The number of nitrogens with zero attached hydrogens (tertiary/aromatic N) is 1. The number of halogens is 2. The number of benzene rings is 2. The molecule has 0 radical (unpaired) electrons. The van der Waals surface area contributed by atoms with Gasteiger partial charge < -0.3 is 5.32 Å². The number of aromatic amines is 1. The first-order chi connectivity index (χ1) is 9.24. The Bertz CT molecular complexity index is 724. The van der Waals surface area contributed by atoms with E-state index in [1.807, 2.05) is 18.2 Å². The fourth-order valence-corrected chi connectivity index (χ4v) is 2.37. The van der Waals surface area contributed by atoms with Crippen LogP contribution in [0.3, 0.4) is 0 Å². The molecule has 0 aliphatic carbocycles. The van der Waals surface area contributed by atoms with E-state index >= 15 is 0 Å². The van der Waals surface area contributed by atoms with E-state index in [2.05, 4.69) is 31.4 Å². The maximum atomic E-state index is 13.2. The number of hydrogen-bond donors (Lipinski definition) is 2. The van der Waals surface area contributed by atoms with Gasteiger partial charge in [0.05, 0.1) is 17.4 Å². The molecule has 0 atom stereocenters. The number of anilines is 1. The predicted octanol–water partition coefficient (Wildman–Crippen LogP) is 4.08. The average Bonchev–Trinajstić information content (AvgIpc) is 2.88. The minimum Gasteiger partial charge on any atom is -0.379 e. The summed E-state index contributed by atoms with van der Waals surface area (Å²) in [5, 5.41) is 11.3. The molecule has 0 amide bonds. The zero-order valence-corrected chi connectivity index (χ0v) is 11.5. The molecule has 0 bridgehead atoms. The van der Waals surface area contributed by atoms with Crippen molar-refractivity contribution >= 4 is 32.5 Å². The van der Waals surface area contributed by atoms with Crippen molar-refractivity contribution in [1.29, 1.82) is 0 Å². The molecule has 0 spiro atoms. The number of hydrogen-bond acceptors (Lipinski definition) is 2. The van der Waals surface area contributed by atoms with E-state index in [4.69, 9.17) is 0 Å². The Balaban J connectivity index is 1.86. The molecule has 19 heavy (non-hydrogen) atoms. The molecule has 1 aromatic heterocycles. The lowest BCUT2D eigenvalue weighted by atomic mass is 10.2. The molecule has 0 saturated carbocycles. The van der Waals surface area contributed by atoms with Crippen molar-refractivity contribution in [1.82, 2.24) is 10.2 Å². The third-order valence-electron chi connectivity index (χ3n) is 2.95. The van der Waals surface area contributed by atoms with Crippen LogP contribution in [0.4, 0.5) is 10.1 Å². The zero-order chi connectivity index (χ0) is 13.2. The molecular weight excluding hydrogens is 309 g/mol. The van der Waals surface area contributed by atoms with Gasteiger partial charge in [-0.15, -0.1) is 0 Å². The van der Waals surface area contributed by atoms with Gasteiger partial charge in [0.25, 0.3) is 0 Å². The molecule has 0 saturated heterocycles. The lowest BCUT2D eigenvalue weighted by Crippen LogP contribution is -2.01. The Labute approximate surface area is 118 Å². The normalized spacial score (nSPS) is 10.8. The number of fused-ring (bicyclic) bond motifs is 1. The molecular formula is C14H11BrFN3. The summed E-state index contributed by atoms with van der Waals surface area (Å²) in [5.74, 6) is -0.236. The van der Waals surface area contributed by atoms with Crippen molar-refractivity contribution in [2.24, 2.45) is 0 Å². The molecule has 1 heterocycles. The first kappa shape index (κ1) is 12.2. The van der Waals surface area contributed by atoms with E-state index < -0.39 is 0 Å². The molecule has 3 rings (SSSR count). The van der Waals surface area contributed by atoms with Gasteiger partial charge in [0.15, 0.2) is 0 Å². The number of aromatic nitrogens is 2. The largest absolute Gasteiger partial charge is 0.379 e. The maximum Gasteiger partial charge on any atom is 0.123 e. The molecule has 3 nitrogen and oxygen atoms in total. The van der Waals surface area contributed by atoms with Crippen LogP contribution in [0.5, 0.6) is 0 Å². The van der Waals surface area contributed by atoms with Crippen LogP contribution in [0.25, 0.3) is 10.9 Å². The van der Waals surface area contributed by atoms with Gasteiger partial charge >= 0.3 is 0 Å². The molecule has 0 fully saturated rings. The first-order valence-corrected chi connectivity index (χ1v) is 6.63. The average molecular weight is 320 g/mol. The fourth-order valence-electron chi connectivity index (χ4n) is 1.99. The van der Waals surface area contributed by atoms with Crippen LogP contribution in [0.1, 0.15) is 5.56 Å². The molecule has 0 unspecified atom stereocenters. The van der Waals surface area contributed by atoms with Gasteiger partial charge in [-0.25, -0.2) is 4.39 Å². The summed E-state index contributed by atoms with van der Waals surface area (Å²) in [6.07, 6.45) is 1.78. The van der Waals surface area contributed by atoms with E-state index in [1.54, 1.807) is 12.3 Å². The van der Waals surface area contributed by atoms with Gasteiger partial charge in [-0.1, -0.05) is 28.1 Å². The lowest BCUT2D eigenvalue weighted by Gasteiger charge is -2.09. The van der Waals surface area contributed by atoms with Gasteiger partial charge in [0.2, 0.25) is 0 Å². The zero-order valence-electron chi connectivity index (χ0n) is 9.95. The topological polar surface area (TPSA) is 40.7 Å². The van der Waals surface area contributed by atoms with Crippen molar-refractivity contribution in [2.75, 3.05) is 5.32 Å². The Morgan fingerprint density at radius 3 is 3.05 bits per heavy atom. The first-order valence-electron chi connectivity index (χ1n) is 5.84. The van der Waals surface area contributed by atoms with Crippen LogP contribution in [0.15, 0.2) is 47.1 Å². The molecule has 2 N–H and O–H groups in total. The summed E-state index contributed by atoms with van der Waals surface area (Å²) in [4.78, 5) is 0. The van der Waals surface area contributed by atoms with E-state index in [1.165, 1.54) is 12.1 Å². The van der Waals surface area contributed by atoms with Crippen molar-refractivity contribution in [2.45, 2.75) is 6.54 Å². The summed E-state index contributed by atoms with van der Waals surface area (Å²) in [5.41, 5.74) is 2.78. The van der Waals surface area contributed by atoms with Crippen LogP contribution in [0.2, 0.25) is 0 Å². The van der Waals surface area contributed by atoms with Gasteiger partial charge in [0.1, 0.15) is 5.82 Å². The highest BCUT2D eigenvalue weighted by Gasteiger charge is 2.05. The SMILES string of the molecule is Fc1ccc(Br)c(CNc2cccc3cn[nH]c23)c1. The highest BCUT2D eigenvalue weighted by molar-refractivity contribution is 9.10. The Kier molecular flexibility index (Phi) is 3.21. The van der Waals surface area contributed by atoms with Crippen molar-refractivity contribution < 1.29 is 4.39 Å². The van der Waals surface area contributed by atoms with Crippen LogP contribution in [-0.2, 0) is 6.54 Å². The van der Waals surface area contributed by atoms with Gasteiger partial charge in [-0.05, 0) is 29.8 Å². The van der Waals surface area contributed by atoms with E-state index in [0.29, 0.717) is 6.54 Å². The summed E-state index contributed by atoms with van der Waals surface area (Å²) in [7, 11) is 0. The highest BCUT2D eigenvalue weighted by atomic mass is 79.9. The van der Waals surface area contributed by atoms with Gasteiger partial charge in [-0.3, -0.25) is 5.10 Å². The monoisotopic (exact) mass is 319 g/mol.